The summed E-state index contributed by atoms with van der Waals surface area (Å²) in [5.74, 6) is 0. The van der Waals surface area contributed by atoms with Crippen molar-refractivity contribution in [1.82, 2.24) is 4.98 Å². The summed E-state index contributed by atoms with van der Waals surface area (Å²) in [6, 6.07) is 12.1. The highest BCUT2D eigenvalue weighted by atomic mass is 127. The molecule has 0 aliphatic carbocycles. The maximum Gasteiger partial charge on any atom is 0.522 e. The van der Waals surface area contributed by atoms with E-state index in [4.69, 9.17) is 13.0 Å². The lowest BCUT2D eigenvalue weighted by Gasteiger charge is -1.97. The Bertz CT molecular complexity index is 566. The van der Waals surface area contributed by atoms with Gasteiger partial charge in [0.05, 0.1) is 5.52 Å². The fourth-order valence-electron chi connectivity index (χ4n) is 1.02. The maximum atomic E-state index is 10.7. The van der Waals surface area contributed by atoms with E-state index >= 15 is 0 Å². The Morgan fingerprint density at radius 3 is 2.00 bits per heavy atom. The zero-order valence-electron chi connectivity index (χ0n) is 9.20. The third-order valence-corrected chi connectivity index (χ3v) is 2.39. The highest BCUT2D eigenvalue weighted by Gasteiger charge is 2.44. The van der Waals surface area contributed by atoms with Crippen LogP contribution in [-0.2, 0) is 10.1 Å². The topological polar surface area (TPSA) is 67.3 Å². The third-order valence-electron chi connectivity index (χ3n) is 1.80. The van der Waals surface area contributed by atoms with Crippen LogP contribution in [0.25, 0.3) is 10.9 Å². The molecule has 0 aliphatic rings. The normalized spacial score (nSPS) is 11.2. The number of pyridine rings is 1. The molecule has 0 aliphatic heterocycles. The number of halogens is 4. The minimum absolute atomic E-state index is 0. The smallest absolute Gasteiger partial charge is 0.279 e. The fourth-order valence-corrected chi connectivity index (χ4v) is 1.02. The number of aromatic nitrogens is 1. The zero-order valence-corrected chi connectivity index (χ0v) is 12.3. The van der Waals surface area contributed by atoms with Crippen LogP contribution in [0.15, 0.2) is 42.6 Å². The molecular weight excluding hydrogens is 398 g/mol. The Labute approximate surface area is 124 Å². The summed E-state index contributed by atoms with van der Waals surface area (Å²) >= 11 is 0. The van der Waals surface area contributed by atoms with Crippen LogP contribution in [0.4, 0.5) is 13.2 Å². The van der Waals surface area contributed by atoms with Crippen LogP contribution >= 0.6 is 24.0 Å². The summed E-state index contributed by atoms with van der Waals surface area (Å²) < 4.78 is 57.5. The molecular formula is C10H9F3INO3S. The second-order valence-corrected chi connectivity index (χ2v) is 4.53. The Balaban J connectivity index is 0.000000335. The molecule has 2 rings (SSSR count). The van der Waals surface area contributed by atoms with Gasteiger partial charge in [0, 0.05) is 11.6 Å². The molecule has 0 bridgehead atoms. The lowest BCUT2D eigenvalue weighted by Crippen LogP contribution is -2.21. The van der Waals surface area contributed by atoms with Gasteiger partial charge in [-0.3, -0.25) is 9.54 Å². The van der Waals surface area contributed by atoms with Gasteiger partial charge in [0.25, 0.3) is 0 Å². The van der Waals surface area contributed by atoms with E-state index in [1.165, 1.54) is 5.39 Å². The number of nitrogens with zero attached hydrogens (tertiary/aromatic N) is 1. The SMILES string of the molecule is I.O=S(=O)(O)C(F)(F)F.c1ccc2ncccc2c1. The molecule has 1 aromatic heterocycles. The first-order chi connectivity index (χ1) is 8.22. The van der Waals surface area contributed by atoms with Crippen molar-refractivity contribution >= 4 is 45.0 Å². The van der Waals surface area contributed by atoms with Gasteiger partial charge in [-0.25, -0.2) is 0 Å². The van der Waals surface area contributed by atoms with Gasteiger partial charge in [-0.2, -0.15) is 21.6 Å². The predicted octanol–water partition coefficient (Wildman–Crippen LogP) is 3.25. The van der Waals surface area contributed by atoms with E-state index in [-0.39, 0.29) is 24.0 Å². The molecule has 4 nitrogen and oxygen atoms in total. The molecule has 0 atom stereocenters. The van der Waals surface area contributed by atoms with Crippen LogP contribution in [0.1, 0.15) is 0 Å². The van der Waals surface area contributed by atoms with Crippen LogP contribution < -0.4 is 0 Å². The molecule has 1 N–H and O–H groups in total. The number of hydrogen-bond acceptors (Lipinski definition) is 3. The largest absolute Gasteiger partial charge is 0.522 e. The molecule has 0 radical (unpaired) electrons. The second kappa shape index (κ2) is 7.01. The predicted molar refractivity (Wildman–Crippen MR) is 74.8 cm³/mol. The summed E-state index contributed by atoms with van der Waals surface area (Å²) in [6.07, 6.45) is 1.81. The monoisotopic (exact) mass is 407 g/mol. The van der Waals surface area contributed by atoms with Gasteiger partial charge in [0.2, 0.25) is 0 Å². The molecule has 0 saturated heterocycles. The molecule has 0 saturated carbocycles. The highest BCUT2D eigenvalue weighted by Crippen LogP contribution is 2.20. The van der Waals surface area contributed by atoms with E-state index in [9.17, 15) is 13.2 Å². The first-order valence-corrected chi connectivity index (χ1v) is 5.99. The van der Waals surface area contributed by atoms with Crippen LogP contribution in [0.5, 0.6) is 0 Å². The molecule has 1 aromatic carbocycles. The number of alkyl halides is 3. The molecule has 0 fully saturated rings. The van der Waals surface area contributed by atoms with Gasteiger partial charge < -0.3 is 0 Å². The first-order valence-electron chi connectivity index (χ1n) is 4.55. The number of hydrogen-bond donors (Lipinski definition) is 1. The quantitative estimate of drug-likeness (QED) is 0.414. The Morgan fingerprint density at radius 1 is 1.05 bits per heavy atom. The molecule has 9 heteroatoms. The van der Waals surface area contributed by atoms with Crippen molar-refractivity contribution in [3.8, 4) is 0 Å². The standard InChI is InChI=1S/C9H7N.CHF3O3S.HI/c1-2-6-9-8(4-1)5-3-7-10-9;2-1(3,4)8(5,6)7;/h1-7H;(H,5,6,7);1H. The Kier molecular flexibility index (Phi) is 6.66. The van der Waals surface area contributed by atoms with Crippen molar-refractivity contribution in [2.24, 2.45) is 0 Å². The van der Waals surface area contributed by atoms with Crippen molar-refractivity contribution in [2.75, 3.05) is 0 Å². The van der Waals surface area contributed by atoms with E-state index in [0.29, 0.717) is 0 Å². The summed E-state index contributed by atoms with van der Waals surface area (Å²) in [5.41, 5.74) is -4.47. The molecule has 0 spiro atoms. The number of fused-ring (bicyclic) bond motifs is 1. The number of para-hydroxylation sites is 1. The van der Waals surface area contributed by atoms with Gasteiger partial charge in [-0.1, -0.05) is 24.3 Å². The van der Waals surface area contributed by atoms with Gasteiger partial charge in [-0.15, -0.1) is 24.0 Å². The number of rotatable bonds is 0. The highest BCUT2D eigenvalue weighted by molar-refractivity contribution is 14.0. The Hall–Kier alpha value is -0.940. The molecule has 0 amide bonds. The molecule has 1 heterocycles. The van der Waals surface area contributed by atoms with Gasteiger partial charge in [0.15, 0.2) is 0 Å². The lowest BCUT2D eigenvalue weighted by molar-refractivity contribution is -0.0510. The summed E-state index contributed by atoms with van der Waals surface area (Å²) in [4.78, 5) is 4.18. The summed E-state index contributed by atoms with van der Waals surface area (Å²) in [6.45, 7) is 0. The lowest BCUT2D eigenvalue weighted by atomic mass is 10.2. The van der Waals surface area contributed by atoms with E-state index in [2.05, 4.69) is 17.1 Å². The van der Waals surface area contributed by atoms with Crippen molar-refractivity contribution in [1.29, 1.82) is 0 Å². The molecule has 19 heavy (non-hydrogen) atoms. The maximum absolute atomic E-state index is 10.7. The fraction of sp³-hybridized carbons (Fsp3) is 0.100. The van der Waals surface area contributed by atoms with Crippen LogP contribution in [0, 0.1) is 0 Å². The van der Waals surface area contributed by atoms with Crippen molar-refractivity contribution in [2.45, 2.75) is 5.51 Å². The van der Waals surface area contributed by atoms with Crippen LogP contribution in [0.2, 0.25) is 0 Å². The first kappa shape index (κ1) is 18.1. The summed E-state index contributed by atoms with van der Waals surface area (Å²) in [7, 11) is -5.84. The van der Waals surface area contributed by atoms with Crippen LogP contribution in [0.3, 0.4) is 0 Å². The average Bonchev–Trinajstić information content (AvgIpc) is 2.27. The Morgan fingerprint density at radius 2 is 1.53 bits per heavy atom. The summed E-state index contributed by atoms with van der Waals surface area (Å²) in [5, 5.41) is 1.20. The minimum atomic E-state index is -5.84. The molecule has 2 aromatic rings. The van der Waals surface area contributed by atoms with E-state index in [1.54, 1.807) is 0 Å². The van der Waals surface area contributed by atoms with Crippen molar-refractivity contribution in [3.05, 3.63) is 42.6 Å². The van der Waals surface area contributed by atoms with Crippen LogP contribution in [-0.4, -0.2) is 23.5 Å². The van der Waals surface area contributed by atoms with Gasteiger partial charge in [-0.05, 0) is 12.1 Å². The molecule has 0 unspecified atom stereocenters. The van der Waals surface area contributed by atoms with Gasteiger partial charge >= 0.3 is 15.6 Å². The third kappa shape index (κ3) is 5.70. The number of benzene rings is 1. The van der Waals surface area contributed by atoms with Gasteiger partial charge in [0.1, 0.15) is 0 Å². The molecule has 106 valence electrons. The van der Waals surface area contributed by atoms with E-state index < -0.39 is 15.6 Å². The second-order valence-electron chi connectivity index (χ2n) is 3.12. The van der Waals surface area contributed by atoms with E-state index in [1.807, 2.05) is 30.5 Å². The zero-order chi connectivity index (χ0) is 13.8. The van der Waals surface area contributed by atoms with E-state index in [0.717, 1.165) is 5.52 Å². The average molecular weight is 407 g/mol. The van der Waals surface area contributed by atoms with Crippen molar-refractivity contribution < 1.29 is 26.1 Å². The minimum Gasteiger partial charge on any atom is -0.279 e. The van der Waals surface area contributed by atoms with Crippen molar-refractivity contribution in [3.63, 3.8) is 0 Å².